The van der Waals surface area contributed by atoms with Crippen molar-refractivity contribution in [1.29, 1.82) is 0 Å². The lowest BCUT2D eigenvalue weighted by Crippen LogP contribution is -2.65. The van der Waals surface area contributed by atoms with E-state index in [9.17, 15) is 15.0 Å². The van der Waals surface area contributed by atoms with Crippen LogP contribution < -0.4 is 5.32 Å². The van der Waals surface area contributed by atoms with Gasteiger partial charge in [0.15, 0.2) is 18.4 Å². The molecule has 0 amide bonds. The largest absolute Gasteiger partial charge is 0.462 e. The summed E-state index contributed by atoms with van der Waals surface area (Å²) in [5.41, 5.74) is -0.201. The van der Waals surface area contributed by atoms with Gasteiger partial charge in [0.2, 0.25) is 0 Å². The fourth-order valence-corrected chi connectivity index (χ4v) is 11.1. The number of esters is 1. The molecule has 0 saturated carbocycles. The van der Waals surface area contributed by atoms with Gasteiger partial charge in [0.1, 0.15) is 35.9 Å². The number of hydrogen-bond acceptors (Lipinski definition) is 14. The van der Waals surface area contributed by atoms with E-state index in [4.69, 9.17) is 47.4 Å². The van der Waals surface area contributed by atoms with Crippen molar-refractivity contribution in [2.45, 2.75) is 197 Å². The van der Waals surface area contributed by atoms with Gasteiger partial charge in [-0.05, 0) is 76.8 Å². The first-order valence-corrected chi connectivity index (χ1v) is 23.8. The third-order valence-corrected chi connectivity index (χ3v) is 15.6. The highest BCUT2D eigenvalue weighted by atomic mass is 16.7. The molecule has 64 heavy (non-hydrogen) atoms. The zero-order chi connectivity index (χ0) is 46.3. The van der Waals surface area contributed by atoms with Crippen molar-refractivity contribution in [2.75, 3.05) is 27.9 Å². The fourth-order valence-electron chi connectivity index (χ4n) is 11.1. The zero-order valence-corrected chi connectivity index (χ0v) is 40.2. The van der Waals surface area contributed by atoms with Gasteiger partial charge in [-0.15, -0.1) is 0 Å². The second-order valence-electron chi connectivity index (χ2n) is 19.9. The van der Waals surface area contributed by atoms with Crippen LogP contribution in [0.1, 0.15) is 101 Å². The van der Waals surface area contributed by atoms with Gasteiger partial charge in [-0.25, -0.2) is 0 Å². The first-order chi connectivity index (χ1) is 30.4. The van der Waals surface area contributed by atoms with Crippen LogP contribution >= 0.6 is 0 Å². The quantitative estimate of drug-likeness (QED) is 0.183. The van der Waals surface area contributed by atoms with Gasteiger partial charge in [0.25, 0.3) is 0 Å². The first kappa shape index (κ1) is 49.6. The molecule has 360 valence electrons. The highest BCUT2D eigenvalue weighted by molar-refractivity contribution is 5.78. The van der Waals surface area contributed by atoms with Crippen LogP contribution in [0.4, 0.5) is 0 Å². The third-order valence-electron chi connectivity index (χ3n) is 15.6. The highest BCUT2D eigenvalue weighted by Gasteiger charge is 2.60. The van der Waals surface area contributed by atoms with Crippen LogP contribution in [-0.4, -0.2) is 141 Å². The van der Waals surface area contributed by atoms with E-state index in [2.05, 4.69) is 59.0 Å². The molecular formula is C50H77NO13. The molecular weight excluding hydrogens is 823 g/mol. The molecule has 14 heteroatoms. The lowest BCUT2D eigenvalue weighted by Gasteiger charge is -2.49. The summed E-state index contributed by atoms with van der Waals surface area (Å²) in [5.74, 6) is -2.52. The van der Waals surface area contributed by atoms with Crippen LogP contribution in [0.3, 0.4) is 0 Å². The second-order valence-corrected chi connectivity index (χ2v) is 19.9. The highest BCUT2D eigenvalue weighted by Crippen LogP contribution is 2.47. The van der Waals surface area contributed by atoms with E-state index in [-0.39, 0.29) is 60.4 Å². The molecule has 2 bridgehead atoms. The zero-order valence-electron chi connectivity index (χ0n) is 40.2. The lowest BCUT2D eigenvalue weighted by atomic mass is 9.71. The van der Waals surface area contributed by atoms with Crippen molar-refractivity contribution in [3.8, 4) is 0 Å². The Bertz CT molecular complexity index is 1800. The maximum absolute atomic E-state index is 14.4. The number of carbonyl (C=O) groups is 1. The summed E-state index contributed by atoms with van der Waals surface area (Å²) in [7, 11) is 5.32. The van der Waals surface area contributed by atoms with Crippen molar-refractivity contribution in [2.24, 2.45) is 23.7 Å². The van der Waals surface area contributed by atoms with Gasteiger partial charge in [-0.1, -0.05) is 70.6 Å². The number of ether oxygens (including phenoxy) is 10. The van der Waals surface area contributed by atoms with Gasteiger partial charge < -0.3 is 62.9 Å². The van der Waals surface area contributed by atoms with Crippen LogP contribution in [-0.2, 0) is 52.2 Å². The average molecular weight is 900 g/mol. The summed E-state index contributed by atoms with van der Waals surface area (Å²) in [6, 6.07) is 0. The number of likely N-dealkylation sites (N-methyl/N-ethyl adjacent to an activating group) is 1. The van der Waals surface area contributed by atoms with Gasteiger partial charge in [0, 0.05) is 51.7 Å². The normalized spacial score (nSPS) is 47.0. The number of hydrogen-bond donors (Lipinski definition) is 3. The van der Waals surface area contributed by atoms with Crippen LogP contribution in [0.5, 0.6) is 0 Å². The molecule has 0 radical (unpaired) electrons. The molecule has 4 saturated heterocycles. The van der Waals surface area contributed by atoms with E-state index in [0.29, 0.717) is 43.3 Å². The van der Waals surface area contributed by atoms with E-state index in [1.807, 2.05) is 39.1 Å². The Morgan fingerprint density at radius 1 is 0.953 bits per heavy atom. The van der Waals surface area contributed by atoms with Gasteiger partial charge in [-0.3, -0.25) is 4.79 Å². The Kier molecular flexibility index (Phi) is 15.6. The Balaban J connectivity index is 1.17. The molecule has 0 aromatic carbocycles. The summed E-state index contributed by atoms with van der Waals surface area (Å²) in [6.07, 6.45) is 10.5. The molecule has 20 atom stereocenters. The summed E-state index contributed by atoms with van der Waals surface area (Å²) in [4.78, 5) is 14.4. The van der Waals surface area contributed by atoms with E-state index in [1.54, 1.807) is 33.3 Å². The summed E-state index contributed by atoms with van der Waals surface area (Å²) in [6.45, 7) is 18.5. The van der Waals surface area contributed by atoms with Crippen molar-refractivity contribution < 1.29 is 62.4 Å². The summed E-state index contributed by atoms with van der Waals surface area (Å²) >= 11 is 0. The van der Waals surface area contributed by atoms with E-state index < -0.39 is 72.5 Å². The Labute approximate surface area is 381 Å². The molecule has 14 nitrogen and oxygen atoms in total. The molecule has 3 N–H and O–H groups in total. The SMILES string of the molecule is CCC(C)[C@H]1O[C@]2(C=C[C@@H]1C)C[C@@H]1C[C@@H](CC=C(C)[C@@H](O[C@H]3C[C@H](OC)[C@@H](O[C@H]4C[C@H](OC)[C@](C)(NC)[C@H](C)O4)[C@H](C)O3)C(C)C=CC=C3CO[C@@H]4[C@H](O)C(C)=C[C@@H](C(=O)O1)[C@]34O)O2. The number of carbonyl (C=O) groups excluding carboxylic acids is 1. The van der Waals surface area contributed by atoms with Gasteiger partial charge in [-0.2, -0.15) is 0 Å². The Hall–Kier alpha value is -2.31. The number of methoxy groups -OCH3 is 2. The minimum atomic E-state index is -1.83. The molecule has 7 aliphatic rings. The predicted octanol–water partition coefficient (Wildman–Crippen LogP) is 5.99. The molecule has 0 aromatic heterocycles. The number of fused-ring (bicyclic) bond motifs is 2. The molecule has 4 fully saturated rings. The maximum Gasteiger partial charge on any atom is 0.316 e. The van der Waals surface area contributed by atoms with Crippen molar-refractivity contribution in [1.82, 2.24) is 5.32 Å². The smallest absolute Gasteiger partial charge is 0.316 e. The fraction of sp³-hybridized carbons (Fsp3) is 0.780. The molecule has 6 heterocycles. The topological polar surface area (TPSA) is 162 Å². The number of aliphatic hydroxyl groups is 2. The molecule has 7 rings (SSSR count). The van der Waals surface area contributed by atoms with Crippen molar-refractivity contribution in [3.63, 3.8) is 0 Å². The number of aliphatic hydroxyl groups excluding tert-OH is 1. The van der Waals surface area contributed by atoms with Crippen molar-refractivity contribution >= 4 is 5.97 Å². The minimum Gasteiger partial charge on any atom is -0.462 e. The molecule has 6 aliphatic heterocycles. The lowest BCUT2D eigenvalue weighted by molar-refractivity contribution is -0.317. The molecule has 0 aromatic rings. The average Bonchev–Trinajstić information content (AvgIpc) is 3.61. The second kappa shape index (κ2) is 20.1. The number of allylic oxidation sites excluding steroid dienone is 2. The number of nitrogens with one attached hydrogen (secondary N) is 1. The van der Waals surface area contributed by atoms with Gasteiger partial charge in [0.05, 0.1) is 54.9 Å². The Morgan fingerprint density at radius 3 is 2.41 bits per heavy atom. The van der Waals surface area contributed by atoms with E-state index in [1.165, 1.54) is 0 Å². The summed E-state index contributed by atoms with van der Waals surface area (Å²) < 4.78 is 64.9. The van der Waals surface area contributed by atoms with Crippen LogP contribution in [0.25, 0.3) is 0 Å². The maximum atomic E-state index is 14.4. The van der Waals surface area contributed by atoms with Crippen LogP contribution in [0.2, 0.25) is 0 Å². The first-order valence-electron chi connectivity index (χ1n) is 23.8. The minimum absolute atomic E-state index is 0.0399. The van der Waals surface area contributed by atoms with E-state index in [0.717, 1.165) is 12.0 Å². The van der Waals surface area contributed by atoms with Crippen LogP contribution in [0, 0.1) is 23.7 Å². The summed E-state index contributed by atoms with van der Waals surface area (Å²) in [5, 5.41) is 27.2. The van der Waals surface area contributed by atoms with Gasteiger partial charge >= 0.3 is 5.97 Å². The predicted molar refractivity (Wildman–Crippen MR) is 239 cm³/mol. The van der Waals surface area contributed by atoms with Crippen LogP contribution in [0.15, 0.2) is 59.3 Å². The van der Waals surface area contributed by atoms with E-state index >= 15 is 0 Å². The third kappa shape index (κ3) is 9.69. The molecule has 1 spiro atoms. The Morgan fingerprint density at radius 2 is 1.70 bits per heavy atom. The monoisotopic (exact) mass is 900 g/mol. The molecule has 1 aliphatic carbocycles. The molecule has 2 unspecified atom stereocenters. The standard InChI is InChI=1S/C50H77NO13/c1-13-27(2)44-30(5)19-20-49(64-44)25-36-22-35(63-49)18-17-29(4)43(28(3)15-14-16-34-26-57-46-42(52)31(6)21-37(47(53)60-36)50(34,46)54)61-40-23-38(55-11)45(32(7)58-40)62-41-24-39(56-12)48(9,51-10)33(8)59-41/h14-17,19-21,27-28,30,32-33,35-46,51-52,54H,13,18,22-26H2,1-12H3/t27?,28?,30-,32-,33-,35+,36-,37-,38-,39-,40-,41-,42+,43-,44+,45-,46+,48+,49+,50+/m0/s1. The number of rotatable bonds is 9. The van der Waals surface area contributed by atoms with Crippen molar-refractivity contribution in [3.05, 3.63) is 59.3 Å².